The molecule has 1 heterocycles. The fourth-order valence-electron chi connectivity index (χ4n) is 2.02. The Labute approximate surface area is 120 Å². The average Bonchev–Trinajstić information content (AvgIpc) is 2.97. The lowest BCUT2D eigenvalue weighted by atomic mass is 10.1. The number of hydrogen-bond donors (Lipinski definition) is 3. The summed E-state index contributed by atoms with van der Waals surface area (Å²) in [5.74, 6) is 5.34. The summed E-state index contributed by atoms with van der Waals surface area (Å²) in [6.45, 7) is 2.04. The van der Waals surface area contributed by atoms with Gasteiger partial charge in [-0.05, 0) is 30.0 Å². The minimum absolute atomic E-state index is 0.0370. The van der Waals surface area contributed by atoms with Crippen molar-refractivity contribution in [2.45, 2.75) is 19.4 Å². The van der Waals surface area contributed by atoms with Crippen LogP contribution in [0.25, 0.3) is 0 Å². The van der Waals surface area contributed by atoms with E-state index in [0.717, 1.165) is 11.3 Å². The van der Waals surface area contributed by atoms with Gasteiger partial charge in [-0.3, -0.25) is 16.0 Å². The van der Waals surface area contributed by atoms with Crippen molar-refractivity contribution in [2.24, 2.45) is 5.84 Å². The summed E-state index contributed by atoms with van der Waals surface area (Å²) in [5, 5.41) is 16.5. The van der Waals surface area contributed by atoms with Crippen LogP contribution in [0.3, 0.4) is 0 Å². The molecule has 1 aromatic heterocycles. The van der Waals surface area contributed by atoms with Crippen LogP contribution in [0, 0.1) is 10.1 Å². The fraction of sp³-hybridized carbons (Fsp3) is 0.231. The van der Waals surface area contributed by atoms with Crippen LogP contribution >= 0.6 is 11.3 Å². The predicted octanol–water partition coefficient (Wildman–Crippen LogP) is 3.51. The normalized spacial score (nSPS) is 11.9. The van der Waals surface area contributed by atoms with Crippen LogP contribution in [-0.4, -0.2) is 4.92 Å². The highest BCUT2D eigenvalue weighted by molar-refractivity contribution is 7.10. The molecule has 0 spiro atoms. The Morgan fingerprint density at radius 2 is 2.10 bits per heavy atom. The Hall–Kier alpha value is -2.12. The highest BCUT2D eigenvalue weighted by atomic mass is 32.1. The number of hydrogen-bond acceptors (Lipinski definition) is 6. The molecule has 1 unspecified atom stereocenters. The molecular formula is C13H16N4O2S. The molecule has 6 nitrogen and oxygen atoms in total. The molecule has 0 saturated heterocycles. The standard InChI is InChI=1S/C13H16N4O2S/c1-2-9(12-7-4-8-20-12)15-10-5-3-6-11(16-14)13(10)17(18)19/h3-9,15-16H,2,14H2,1H3. The number of thiophene rings is 1. The first-order valence-corrected chi connectivity index (χ1v) is 7.09. The fourth-order valence-corrected chi connectivity index (χ4v) is 2.89. The molecule has 20 heavy (non-hydrogen) atoms. The van der Waals surface area contributed by atoms with E-state index in [1.807, 2.05) is 24.4 Å². The zero-order valence-electron chi connectivity index (χ0n) is 11.0. The lowest BCUT2D eigenvalue weighted by molar-refractivity contribution is -0.383. The number of anilines is 2. The first-order chi connectivity index (χ1) is 9.67. The number of nitro benzene ring substituents is 1. The van der Waals surface area contributed by atoms with E-state index in [-0.39, 0.29) is 11.7 Å². The average molecular weight is 292 g/mol. The molecule has 0 aliphatic carbocycles. The quantitative estimate of drug-likeness (QED) is 0.430. The van der Waals surface area contributed by atoms with Gasteiger partial charge in [0.2, 0.25) is 0 Å². The van der Waals surface area contributed by atoms with Crippen LogP contribution in [0.15, 0.2) is 35.7 Å². The number of nitro groups is 1. The Kier molecular flexibility index (Phi) is 4.54. The van der Waals surface area contributed by atoms with Gasteiger partial charge in [0.25, 0.3) is 0 Å². The van der Waals surface area contributed by atoms with Crippen molar-refractivity contribution in [1.29, 1.82) is 0 Å². The van der Waals surface area contributed by atoms with Crippen molar-refractivity contribution in [2.75, 3.05) is 10.7 Å². The Morgan fingerprint density at radius 1 is 1.35 bits per heavy atom. The summed E-state index contributed by atoms with van der Waals surface area (Å²) in [6, 6.07) is 9.03. The summed E-state index contributed by atoms with van der Waals surface area (Å²) in [7, 11) is 0. The molecule has 1 aromatic carbocycles. The van der Waals surface area contributed by atoms with Gasteiger partial charge >= 0.3 is 5.69 Å². The Morgan fingerprint density at radius 3 is 2.65 bits per heavy atom. The van der Waals surface area contributed by atoms with Gasteiger partial charge in [-0.2, -0.15) is 0 Å². The van der Waals surface area contributed by atoms with Gasteiger partial charge in [0.15, 0.2) is 0 Å². The number of nitrogen functional groups attached to an aromatic ring is 1. The van der Waals surface area contributed by atoms with Crippen LogP contribution in [0.1, 0.15) is 24.3 Å². The van der Waals surface area contributed by atoms with Gasteiger partial charge < -0.3 is 10.7 Å². The Bertz CT molecular complexity index is 586. The first-order valence-electron chi connectivity index (χ1n) is 6.21. The molecule has 7 heteroatoms. The van der Waals surface area contributed by atoms with E-state index in [0.29, 0.717) is 11.4 Å². The number of nitrogens with zero attached hydrogens (tertiary/aromatic N) is 1. The maximum atomic E-state index is 11.2. The predicted molar refractivity (Wildman–Crippen MR) is 81.9 cm³/mol. The minimum Gasteiger partial charge on any atom is -0.372 e. The van der Waals surface area contributed by atoms with Gasteiger partial charge in [0.05, 0.1) is 11.0 Å². The van der Waals surface area contributed by atoms with Crippen molar-refractivity contribution in [3.63, 3.8) is 0 Å². The van der Waals surface area contributed by atoms with Crippen LogP contribution in [0.2, 0.25) is 0 Å². The third kappa shape index (κ3) is 2.89. The van der Waals surface area contributed by atoms with Crippen molar-refractivity contribution in [3.8, 4) is 0 Å². The molecule has 4 N–H and O–H groups in total. The van der Waals surface area contributed by atoms with Gasteiger partial charge in [0.1, 0.15) is 11.4 Å². The summed E-state index contributed by atoms with van der Waals surface area (Å²) in [6.07, 6.45) is 0.831. The highest BCUT2D eigenvalue weighted by Crippen LogP contribution is 2.35. The highest BCUT2D eigenvalue weighted by Gasteiger charge is 2.21. The van der Waals surface area contributed by atoms with Crippen molar-refractivity contribution < 1.29 is 4.92 Å². The zero-order chi connectivity index (χ0) is 14.5. The molecule has 1 atom stereocenters. The molecule has 0 bridgehead atoms. The maximum absolute atomic E-state index is 11.2. The third-order valence-corrected chi connectivity index (χ3v) is 3.98. The van der Waals surface area contributed by atoms with E-state index < -0.39 is 4.92 Å². The second-order valence-corrected chi connectivity index (χ2v) is 5.20. The zero-order valence-corrected chi connectivity index (χ0v) is 11.8. The second kappa shape index (κ2) is 6.36. The van der Waals surface area contributed by atoms with E-state index in [2.05, 4.69) is 10.7 Å². The number of rotatable bonds is 6. The largest absolute Gasteiger partial charge is 0.372 e. The molecule has 0 aliphatic rings. The van der Waals surface area contributed by atoms with Crippen LogP contribution in [0.5, 0.6) is 0 Å². The molecular weight excluding hydrogens is 276 g/mol. The molecule has 2 aromatic rings. The van der Waals surface area contributed by atoms with Gasteiger partial charge in [0, 0.05) is 4.88 Å². The molecule has 2 rings (SSSR count). The number of para-hydroxylation sites is 1. The Balaban J connectivity index is 2.35. The van der Waals surface area contributed by atoms with Crippen molar-refractivity contribution in [1.82, 2.24) is 0 Å². The van der Waals surface area contributed by atoms with Crippen LogP contribution in [0.4, 0.5) is 17.1 Å². The molecule has 0 radical (unpaired) electrons. The van der Waals surface area contributed by atoms with Gasteiger partial charge in [-0.15, -0.1) is 11.3 Å². The summed E-state index contributed by atoms with van der Waals surface area (Å²) >= 11 is 1.63. The summed E-state index contributed by atoms with van der Waals surface area (Å²) < 4.78 is 0. The smallest absolute Gasteiger partial charge is 0.316 e. The molecule has 106 valence electrons. The number of nitrogens with one attached hydrogen (secondary N) is 2. The van der Waals surface area contributed by atoms with Crippen molar-refractivity contribution in [3.05, 3.63) is 50.7 Å². The van der Waals surface area contributed by atoms with Crippen molar-refractivity contribution >= 4 is 28.4 Å². The van der Waals surface area contributed by atoms with Crippen LogP contribution in [-0.2, 0) is 0 Å². The van der Waals surface area contributed by atoms with E-state index in [9.17, 15) is 10.1 Å². The van der Waals surface area contributed by atoms with E-state index in [1.165, 1.54) is 0 Å². The first kappa shape index (κ1) is 14.3. The SMILES string of the molecule is CCC(Nc1cccc(NN)c1[N+](=O)[O-])c1cccs1. The van der Waals surface area contributed by atoms with E-state index >= 15 is 0 Å². The number of hydrazine groups is 1. The minimum atomic E-state index is -0.432. The number of nitrogens with two attached hydrogens (primary N) is 1. The molecule has 0 amide bonds. The van der Waals surface area contributed by atoms with Crippen LogP contribution < -0.4 is 16.6 Å². The summed E-state index contributed by atoms with van der Waals surface area (Å²) in [5.41, 5.74) is 3.08. The third-order valence-electron chi connectivity index (χ3n) is 3.00. The van der Waals surface area contributed by atoms with E-state index in [4.69, 9.17) is 5.84 Å². The lowest BCUT2D eigenvalue weighted by Crippen LogP contribution is -2.13. The second-order valence-electron chi connectivity index (χ2n) is 4.22. The van der Waals surface area contributed by atoms with E-state index in [1.54, 1.807) is 29.5 Å². The monoisotopic (exact) mass is 292 g/mol. The van der Waals surface area contributed by atoms with Gasteiger partial charge in [-0.1, -0.05) is 19.1 Å². The topological polar surface area (TPSA) is 93.2 Å². The van der Waals surface area contributed by atoms with Gasteiger partial charge in [-0.25, -0.2) is 0 Å². The number of benzene rings is 1. The summed E-state index contributed by atoms with van der Waals surface area (Å²) in [4.78, 5) is 11.9. The molecule has 0 fully saturated rings. The molecule has 0 aliphatic heterocycles. The molecule has 0 saturated carbocycles. The lowest BCUT2D eigenvalue weighted by Gasteiger charge is -2.17. The maximum Gasteiger partial charge on any atom is 0.316 e.